The molecule has 0 aliphatic rings. The topological polar surface area (TPSA) is 66.9 Å². The highest BCUT2D eigenvalue weighted by molar-refractivity contribution is 6.02. The number of carbonyl (C=O) groups is 1. The van der Waals surface area contributed by atoms with Crippen LogP contribution in [-0.2, 0) is 6.42 Å². The molecule has 0 bridgehead atoms. The van der Waals surface area contributed by atoms with Gasteiger partial charge in [0.2, 0.25) is 0 Å². The lowest BCUT2D eigenvalue weighted by Crippen LogP contribution is -2.15. The van der Waals surface area contributed by atoms with Crippen molar-refractivity contribution in [3.8, 4) is 0 Å². The zero-order chi connectivity index (χ0) is 14.4. The largest absolute Gasteiger partial charge is 0.369 e. The Morgan fingerprint density at radius 1 is 1.25 bits per heavy atom. The summed E-state index contributed by atoms with van der Waals surface area (Å²) in [5.74, 6) is 0.341. The maximum absolute atomic E-state index is 12.1. The van der Waals surface area contributed by atoms with Gasteiger partial charge in [0.15, 0.2) is 0 Å². The fourth-order valence-electron chi connectivity index (χ4n) is 1.81. The highest BCUT2D eigenvalue weighted by Gasteiger charge is 2.09. The van der Waals surface area contributed by atoms with Gasteiger partial charge in [0.1, 0.15) is 11.5 Å². The molecule has 2 aromatic rings. The SMILES string of the molecule is CCNc1cncc(C(=O)Nc2cccc(CC)c2)n1. The second-order valence-electron chi connectivity index (χ2n) is 4.33. The molecular weight excluding hydrogens is 252 g/mol. The van der Waals surface area contributed by atoms with Gasteiger partial charge in [0.05, 0.1) is 12.4 Å². The quantitative estimate of drug-likeness (QED) is 0.876. The molecule has 1 amide bonds. The first-order valence-corrected chi connectivity index (χ1v) is 6.69. The predicted octanol–water partition coefficient (Wildman–Crippen LogP) is 2.72. The average Bonchev–Trinajstić information content (AvgIpc) is 2.48. The van der Waals surface area contributed by atoms with Gasteiger partial charge in [-0.15, -0.1) is 0 Å². The number of aryl methyl sites for hydroxylation is 1. The number of nitrogens with zero attached hydrogens (tertiary/aromatic N) is 2. The van der Waals surface area contributed by atoms with E-state index < -0.39 is 0 Å². The van der Waals surface area contributed by atoms with E-state index in [0.29, 0.717) is 11.5 Å². The summed E-state index contributed by atoms with van der Waals surface area (Å²) in [5.41, 5.74) is 2.24. The highest BCUT2D eigenvalue weighted by Crippen LogP contribution is 2.12. The van der Waals surface area contributed by atoms with Gasteiger partial charge in [0, 0.05) is 12.2 Å². The first kappa shape index (κ1) is 14.0. The predicted molar refractivity (Wildman–Crippen MR) is 80.0 cm³/mol. The van der Waals surface area contributed by atoms with Crippen LogP contribution in [0.3, 0.4) is 0 Å². The van der Waals surface area contributed by atoms with E-state index in [4.69, 9.17) is 0 Å². The molecule has 20 heavy (non-hydrogen) atoms. The Labute approximate surface area is 118 Å². The van der Waals surface area contributed by atoms with Crippen molar-refractivity contribution < 1.29 is 4.79 Å². The van der Waals surface area contributed by atoms with Crippen LogP contribution >= 0.6 is 0 Å². The van der Waals surface area contributed by atoms with Gasteiger partial charge in [-0.05, 0) is 31.0 Å². The number of hydrogen-bond donors (Lipinski definition) is 2. The minimum atomic E-state index is -0.259. The number of benzene rings is 1. The third-order valence-corrected chi connectivity index (χ3v) is 2.82. The maximum atomic E-state index is 12.1. The molecule has 5 nitrogen and oxygen atoms in total. The van der Waals surface area contributed by atoms with Crippen LogP contribution < -0.4 is 10.6 Å². The number of carbonyl (C=O) groups excluding carboxylic acids is 1. The van der Waals surface area contributed by atoms with E-state index in [1.807, 2.05) is 31.2 Å². The highest BCUT2D eigenvalue weighted by atomic mass is 16.1. The van der Waals surface area contributed by atoms with Crippen LogP contribution in [0.2, 0.25) is 0 Å². The van der Waals surface area contributed by atoms with Gasteiger partial charge in [-0.3, -0.25) is 9.78 Å². The van der Waals surface area contributed by atoms with Crippen LogP contribution in [0.5, 0.6) is 0 Å². The molecule has 104 valence electrons. The van der Waals surface area contributed by atoms with Crippen LogP contribution in [0, 0.1) is 0 Å². The van der Waals surface area contributed by atoms with Crippen molar-refractivity contribution in [2.45, 2.75) is 20.3 Å². The van der Waals surface area contributed by atoms with Gasteiger partial charge in [-0.1, -0.05) is 19.1 Å². The fraction of sp³-hybridized carbons (Fsp3) is 0.267. The summed E-state index contributed by atoms with van der Waals surface area (Å²) in [7, 11) is 0. The third kappa shape index (κ3) is 3.54. The molecule has 2 N–H and O–H groups in total. The number of nitrogens with one attached hydrogen (secondary N) is 2. The second kappa shape index (κ2) is 6.65. The molecule has 1 aromatic carbocycles. The lowest BCUT2D eigenvalue weighted by atomic mass is 10.1. The molecule has 0 saturated heterocycles. The Hall–Kier alpha value is -2.43. The van der Waals surface area contributed by atoms with E-state index in [9.17, 15) is 4.79 Å². The minimum absolute atomic E-state index is 0.259. The number of hydrogen-bond acceptors (Lipinski definition) is 4. The van der Waals surface area contributed by atoms with E-state index >= 15 is 0 Å². The van der Waals surface area contributed by atoms with Crippen molar-refractivity contribution in [2.24, 2.45) is 0 Å². The van der Waals surface area contributed by atoms with E-state index in [1.165, 1.54) is 11.8 Å². The Kier molecular flexibility index (Phi) is 4.65. The van der Waals surface area contributed by atoms with Crippen LogP contribution in [0.1, 0.15) is 29.9 Å². The number of amides is 1. The summed E-state index contributed by atoms with van der Waals surface area (Å²) in [6.45, 7) is 4.77. The molecular formula is C15H18N4O. The molecule has 0 aliphatic heterocycles. The molecule has 0 spiro atoms. The zero-order valence-electron chi connectivity index (χ0n) is 11.7. The number of rotatable bonds is 5. The lowest BCUT2D eigenvalue weighted by molar-refractivity contribution is 0.102. The average molecular weight is 270 g/mol. The monoisotopic (exact) mass is 270 g/mol. The fourth-order valence-corrected chi connectivity index (χ4v) is 1.81. The van der Waals surface area contributed by atoms with Gasteiger partial charge in [0.25, 0.3) is 5.91 Å². The Morgan fingerprint density at radius 3 is 2.85 bits per heavy atom. The molecule has 1 aromatic heterocycles. The Balaban J connectivity index is 2.12. The molecule has 0 atom stereocenters. The summed E-state index contributed by atoms with van der Waals surface area (Å²) in [6.07, 6.45) is 3.98. The van der Waals surface area contributed by atoms with Crippen LogP contribution in [-0.4, -0.2) is 22.4 Å². The smallest absolute Gasteiger partial charge is 0.275 e. The molecule has 0 radical (unpaired) electrons. The second-order valence-corrected chi connectivity index (χ2v) is 4.33. The summed E-state index contributed by atoms with van der Waals surface area (Å²) in [6, 6.07) is 7.77. The van der Waals surface area contributed by atoms with E-state index in [2.05, 4.69) is 27.5 Å². The third-order valence-electron chi connectivity index (χ3n) is 2.82. The Bertz CT molecular complexity index is 598. The van der Waals surface area contributed by atoms with Crippen LogP contribution in [0.25, 0.3) is 0 Å². The molecule has 0 saturated carbocycles. The molecule has 0 aliphatic carbocycles. The van der Waals surface area contributed by atoms with E-state index in [1.54, 1.807) is 6.20 Å². The number of anilines is 2. The molecule has 0 unspecified atom stereocenters. The molecule has 0 fully saturated rings. The molecule has 2 rings (SSSR count). The van der Waals surface area contributed by atoms with Crippen LogP contribution in [0.15, 0.2) is 36.7 Å². The van der Waals surface area contributed by atoms with Crippen LogP contribution in [0.4, 0.5) is 11.5 Å². The molecule has 5 heteroatoms. The van der Waals surface area contributed by atoms with Crippen molar-refractivity contribution in [3.05, 3.63) is 47.9 Å². The van der Waals surface area contributed by atoms with Crippen molar-refractivity contribution in [2.75, 3.05) is 17.2 Å². The first-order chi connectivity index (χ1) is 9.72. The minimum Gasteiger partial charge on any atom is -0.369 e. The van der Waals surface area contributed by atoms with Gasteiger partial charge < -0.3 is 10.6 Å². The van der Waals surface area contributed by atoms with Crippen molar-refractivity contribution >= 4 is 17.4 Å². The normalized spacial score (nSPS) is 10.1. The Morgan fingerprint density at radius 2 is 2.10 bits per heavy atom. The maximum Gasteiger partial charge on any atom is 0.275 e. The number of aromatic nitrogens is 2. The summed E-state index contributed by atoms with van der Waals surface area (Å²) < 4.78 is 0. The van der Waals surface area contributed by atoms with Gasteiger partial charge >= 0.3 is 0 Å². The van der Waals surface area contributed by atoms with Gasteiger partial charge in [-0.2, -0.15) is 0 Å². The summed E-state index contributed by atoms with van der Waals surface area (Å²) in [4.78, 5) is 20.4. The summed E-state index contributed by atoms with van der Waals surface area (Å²) >= 11 is 0. The van der Waals surface area contributed by atoms with Gasteiger partial charge in [-0.25, -0.2) is 4.98 Å². The summed E-state index contributed by atoms with van der Waals surface area (Å²) in [5, 5.41) is 5.86. The molecule has 1 heterocycles. The van der Waals surface area contributed by atoms with E-state index in [-0.39, 0.29) is 5.91 Å². The van der Waals surface area contributed by atoms with Crippen molar-refractivity contribution in [3.63, 3.8) is 0 Å². The standard InChI is InChI=1S/C15H18N4O/c1-3-11-6-5-7-12(8-11)18-15(20)13-9-16-10-14(19-13)17-4-2/h5-10H,3-4H2,1-2H3,(H,17,19)(H,18,20). The van der Waals surface area contributed by atoms with Crippen molar-refractivity contribution in [1.82, 2.24) is 9.97 Å². The first-order valence-electron chi connectivity index (χ1n) is 6.69. The van der Waals surface area contributed by atoms with E-state index in [0.717, 1.165) is 18.7 Å². The van der Waals surface area contributed by atoms with Crippen molar-refractivity contribution in [1.29, 1.82) is 0 Å². The lowest BCUT2D eigenvalue weighted by Gasteiger charge is -2.07. The zero-order valence-corrected chi connectivity index (χ0v) is 11.7.